The highest BCUT2D eigenvalue weighted by atomic mass is 16.4. The van der Waals surface area contributed by atoms with Crippen molar-refractivity contribution in [2.75, 3.05) is 0 Å². The van der Waals surface area contributed by atoms with Gasteiger partial charge in [0.1, 0.15) is 0 Å². The lowest BCUT2D eigenvalue weighted by Gasteiger charge is -2.07. The van der Waals surface area contributed by atoms with Crippen molar-refractivity contribution < 1.29 is 30.0 Å². The standard InChI is InChI=1S/C7H9N.C4H6O6/c1-2-7-5-3-4-6-8-7;5-1(3(7)8)2(6)4(9)10/h3-6H,2H2,1H3;1-2,5-6H,(H,7,8)(H,9,10). The molecule has 4 N–H and O–H groups in total. The number of nitrogens with zero attached hydrogens (tertiary/aromatic N) is 1. The summed E-state index contributed by atoms with van der Waals surface area (Å²) in [5, 5.41) is 32.5. The maximum absolute atomic E-state index is 9.77. The lowest BCUT2D eigenvalue weighted by molar-refractivity contribution is -0.165. The number of hydrogen-bond acceptors (Lipinski definition) is 5. The minimum atomic E-state index is -2.27. The Balaban J connectivity index is 0.000000327. The van der Waals surface area contributed by atoms with Crippen molar-refractivity contribution in [2.24, 2.45) is 0 Å². The first-order valence-electron chi connectivity index (χ1n) is 5.11. The summed E-state index contributed by atoms with van der Waals surface area (Å²) in [6.45, 7) is 2.10. The zero-order chi connectivity index (χ0) is 14.1. The van der Waals surface area contributed by atoms with E-state index in [1.807, 2.05) is 24.4 Å². The number of carbonyl (C=O) groups is 2. The van der Waals surface area contributed by atoms with Gasteiger partial charge in [-0.2, -0.15) is 0 Å². The number of aryl methyl sites for hydroxylation is 1. The molecule has 0 saturated carbocycles. The first-order chi connectivity index (χ1) is 8.40. The molecule has 1 aromatic heterocycles. The maximum Gasteiger partial charge on any atom is 0.335 e. The molecule has 1 aromatic rings. The molecule has 100 valence electrons. The van der Waals surface area contributed by atoms with E-state index >= 15 is 0 Å². The molecule has 0 aromatic carbocycles. The molecule has 1 rings (SSSR count). The lowest BCUT2D eigenvalue weighted by Crippen LogP contribution is -2.39. The molecule has 18 heavy (non-hydrogen) atoms. The smallest absolute Gasteiger partial charge is 0.335 e. The lowest BCUT2D eigenvalue weighted by atomic mass is 10.2. The van der Waals surface area contributed by atoms with Gasteiger partial charge < -0.3 is 20.4 Å². The monoisotopic (exact) mass is 257 g/mol. The third-order valence-electron chi connectivity index (χ3n) is 1.89. The number of aliphatic hydroxyl groups excluding tert-OH is 2. The van der Waals surface area contributed by atoms with Crippen LogP contribution in [0.5, 0.6) is 0 Å². The van der Waals surface area contributed by atoms with E-state index in [-0.39, 0.29) is 0 Å². The Morgan fingerprint density at radius 2 is 1.67 bits per heavy atom. The number of aromatic nitrogens is 1. The molecule has 2 atom stereocenters. The van der Waals surface area contributed by atoms with E-state index in [9.17, 15) is 9.59 Å². The van der Waals surface area contributed by atoms with Crippen LogP contribution in [-0.4, -0.2) is 49.6 Å². The number of carboxylic acid groups (broad SMARTS) is 2. The van der Waals surface area contributed by atoms with Gasteiger partial charge in [0.25, 0.3) is 0 Å². The van der Waals surface area contributed by atoms with Crippen molar-refractivity contribution in [1.29, 1.82) is 0 Å². The third kappa shape index (κ3) is 5.92. The number of aliphatic carboxylic acids is 2. The average Bonchev–Trinajstić information content (AvgIpc) is 2.38. The van der Waals surface area contributed by atoms with Gasteiger partial charge in [-0.3, -0.25) is 4.98 Å². The van der Waals surface area contributed by atoms with Crippen LogP contribution in [0.2, 0.25) is 0 Å². The molecule has 1 heterocycles. The third-order valence-corrected chi connectivity index (χ3v) is 1.89. The zero-order valence-electron chi connectivity index (χ0n) is 9.72. The van der Waals surface area contributed by atoms with Gasteiger partial charge in [0.05, 0.1) is 0 Å². The Kier molecular flexibility index (Phi) is 7.25. The molecule has 0 aliphatic rings. The van der Waals surface area contributed by atoms with Crippen LogP contribution >= 0.6 is 0 Å². The van der Waals surface area contributed by atoms with Gasteiger partial charge in [-0.15, -0.1) is 0 Å². The molecule has 0 bridgehead atoms. The minimum absolute atomic E-state index is 1.03. The van der Waals surface area contributed by atoms with E-state index in [1.54, 1.807) is 0 Å². The fourth-order valence-corrected chi connectivity index (χ4v) is 0.877. The first kappa shape index (κ1) is 16.0. The Bertz CT molecular complexity index is 362. The van der Waals surface area contributed by atoms with Gasteiger partial charge in [-0.05, 0) is 18.6 Å². The number of aliphatic hydroxyl groups is 2. The Morgan fingerprint density at radius 3 is 1.89 bits per heavy atom. The number of carboxylic acids is 2. The average molecular weight is 257 g/mol. The van der Waals surface area contributed by atoms with Gasteiger partial charge in [0, 0.05) is 11.9 Å². The molecule has 0 saturated heterocycles. The van der Waals surface area contributed by atoms with E-state index in [0.29, 0.717) is 0 Å². The van der Waals surface area contributed by atoms with Crippen LogP contribution in [-0.2, 0) is 16.0 Å². The van der Waals surface area contributed by atoms with Crippen LogP contribution in [0.25, 0.3) is 0 Å². The van der Waals surface area contributed by atoms with Crippen LogP contribution < -0.4 is 0 Å². The van der Waals surface area contributed by atoms with Gasteiger partial charge in [0.15, 0.2) is 12.2 Å². The van der Waals surface area contributed by atoms with Gasteiger partial charge >= 0.3 is 11.9 Å². The van der Waals surface area contributed by atoms with Gasteiger partial charge in [-0.25, -0.2) is 9.59 Å². The van der Waals surface area contributed by atoms with E-state index in [1.165, 1.54) is 0 Å². The highest BCUT2D eigenvalue weighted by molar-refractivity contribution is 5.83. The topological polar surface area (TPSA) is 128 Å². The Morgan fingerprint density at radius 1 is 1.17 bits per heavy atom. The summed E-state index contributed by atoms with van der Waals surface area (Å²) in [4.78, 5) is 23.6. The summed E-state index contributed by atoms with van der Waals surface area (Å²) in [5.41, 5.74) is 1.16. The van der Waals surface area contributed by atoms with Gasteiger partial charge in [-0.1, -0.05) is 13.0 Å². The maximum atomic E-state index is 9.77. The zero-order valence-corrected chi connectivity index (χ0v) is 9.72. The molecular formula is C11H15NO6. The van der Waals surface area contributed by atoms with Crippen LogP contribution in [0.4, 0.5) is 0 Å². The predicted octanol–water partition coefficient (Wildman–Crippen LogP) is -0.479. The number of pyridine rings is 1. The summed E-state index contributed by atoms with van der Waals surface area (Å²) >= 11 is 0. The molecular weight excluding hydrogens is 242 g/mol. The summed E-state index contributed by atoms with van der Waals surface area (Å²) in [6, 6.07) is 5.96. The van der Waals surface area contributed by atoms with E-state index in [0.717, 1.165) is 12.1 Å². The SMILES string of the molecule is CCc1ccccn1.O=C(O)C(O)C(O)C(=O)O. The Labute approximate surface area is 103 Å². The van der Waals surface area contributed by atoms with Crippen molar-refractivity contribution in [3.63, 3.8) is 0 Å². The molecule has 0 aliphatic carbocycles. The second-order valence-electron chi connectivity index (χ2n) is 3.24. The molecule has 2 unspecified atom stereocenters. The predicted molar refractivity (Wildman–Crippen MR) is 60.9 cm³/mol. The molecule has 0 radical (unpaired) electrons. The molecule has 0 fully saturated rings. The summed E-state index contributed by atoms with van der Waals surface area (Å²) < 4.78 is 0. The van der Waals surface area contributed by atoms with E-state index < -0.39 is 24.1 Å². The normalized spacial score (nSPS) is 12.8. The quantitative estimate of drug-likeness (QED) is 0.573. The summed E-state index contributed by atoms with van der Waals surface area (Å²) in [7, 11) is 0. The fourth-order valence-electron chi connectivity index (χ4n) is 0.877. The molecule has 0 amide bonds. The number of hydrogen-bond donors (Lipinski definition) is 4. The van der Waals surface area contributed by atoms with Crippen LogP contribution in [0.1, 0.15) is 12.6 Å². The summed E-state index contributed by atoms with van der Waals surface area (Å²) in [5.74, 6) is -3.54. The highest BCUT2D eigenvalue weighted by Crippen LogP contribution is 1.92. The molecule has 7 heteroatoms. The van der Waals surface area contributed by atoms with Gasteiger partial charge in [0.2, 0.25) is 0 Å². The van der Waals surface area contributed by atoms with Crippen molar-refractivity contribution >= 4 is 11.9 Å². The molecule has 0 spiro atoms. The molecule has 7 nitrogen and oxygen atoms in total. The van der Waals surface area contributed by atoms with Crippen LogP contribution in [0.15, 0.2) is 24.4 Å². The van der Waals surface area contributed by atoms with Crippen molar-refractivity contribution in [3.05, 3.63) is 30.1 Å². The number of rotatable bonds is 4. The van der Waals surface area contributed by atoms with Crippen LogP contribution in [0, 0.1) is 0 Å². The van der Waals surface area contributed by atoms with Crippen molar-refractivity contribution in [1.82, 2.24) is 4.98 Å². The largest absolute Gasteiger partial charge is 0.479 e. The van der Waals surface area contributed by atoms with Crippen LogP contribution in [0.3, 0.4) is 0 Å². The Hall–Kier alpha value is -1.99. The summed E-state index contributed by atoms with van der Waals surface area (Å²) in [6.07, 6.45) is -1.69. The minimum Gasteiger partial charge on any atom is -0.479 e. The second kappa shape index (κ2) is 8.15. The fraction of sp³-hybridized carbons (Fsp3) is 0.364. The van der Waals surface area contributed by atoms with Crippen molar-refractivity contribution in [3.8, 4) is 0 Å². The van der Waals surface area contributed by atoms with E-state index in [4.69, 9.17) is 20.4 Å². The first-order valence-corrected chi connectivity index (χ1v) is 5.11. The highest BCUT2D eigenvalue weighted by Gasteiger charge is 2.29. The second-order valence-corrected chi connectivity index (χ2v) is 3.24. The van der Waals surface area contributed by atoms with Crippen molar-refractivity contribution in [2.45, 2.75) is 25.6 Å². The molecule has 0 aliphatic heterocycles. The van der Waals surface area contributed by atoms with E-state index in [2.05, 4.69) is 11.9 Å².